The van der Waals surface area contributed by atoms with Crippen LogP contribution in [0.1, 0.15) is 5.69 Å². The van der Waals surface area contributed by atoms with Gasteiger partial charge in [0.15, 0.2) is 0 Å². The van der Waals surface area contributed by atoms with Gasteiger partial charge in [-0.3, -0.25) is 0 Å². The van der Waals surface area contributed by atoms with Crippen LogP contribution in [0.5, 0.6) is 5.75 Å². The minimum absolute atomic E-state index is 0.360. The molecule has 2 radical (unpaired) electrons. The predicted octanol–water partition coefficient (Wildman–Crippen LogP) is 2.21. The number of alkyl halides is 1. The van der Waals surface area contributed by atoms with Crippen LogP contribution >= 0.6 is 0 Å². The molecule has 0 bridgehead atoms. The number of hydrogen-bond donors (Lipinski definition) is 0. The van der Waals surface area contributed by atoms with E-state index in [1.165, 1.54) is 19.0 Å². The summed E-state index contributed by atoms with van der Waals surface area (Å²) in [7, 11) is 0. The van der Waals surface area contributed by atoms with Crippen molar-refractivity contribution >= 4 is 29.9 Å². The molecule has 0 unspecified atom stereocenters. The third kappa shape index (κ3) is 2.16. The third-order valence-electron chi connectivity index (χ3n) is 2.22. The van der Waals surface area contributed by atoms with E-state index in [2.05, 4.69) is 4.98 Å². The van der Waals surface area contributed by atoms with Crippen LogP contribution in [-0.4, -0.2) is 30.6 Å². The normalized spacial score (nSPS) is 10.5. The standard InChI is InChI=1S/C11H10FNO.Ga/c12-7-6-9-5-4-8-2-1-3-10(14)11(8)13-9;/h1-5,14H,6-7H2;/q;+1/p-1. The van der Waals surface area contributed by atoms with Gasteiger partial charge in [0.05, 0.1) is 0 Å². The summed E-state index contributed by atoms with van der Waals surface area (Å²) < 4.78 is 17.5. The van der Waals surface area contributed by atoms with E-state index in [0.29, 0.717) is 6.42 Å². The fourth-order valence-corrected chi connectivity index (χ4v) is 1.89. The molecule has 1 aromatic carbocycles. The van der Waals surface area contributed by atoms with E-state index in [9.17, 15) is 4.39 Å². The quantitative estimate of drug-likeness (QED) is 0.789. The molecule has 15 heavy (non-hydrogen) atoms. The molecule has 0 N–H and O–H groups in total. The van der Waals surface area contributed by atoms with Crippen LogP contribution in [0.2, 0.25) is 0 Å². The van der Waals surface area contributed by atoms with E-state index < -0.39 is 0 Å². The Hall–Kier alpha value is -1.00. The van der Waals surface area contributed by atoms with Crippen LogP contribution in [0.3, 0.4) is 0 Å². The summed E-state index contributed by atoms with van der Waals surface area (Å²) in [4.78, 5) is 4.38. The van der Waals surface area contributed by atoms with Crippen LogP contribution in [0.4, 0.5) is 4.39 Å². The summed E-state index contributed by atoms with van der Waals surface area (Å²) in [5.74, 6) is 0.758. The van der Waals surface area contributed by atoms with Gasteiger partial charge in [0, 0.05) is 0 Å². The van der Waals surface area contributed by atoms with Crippen LogP contribution in [-0.2, 0) is 6.42 Å². The number of para-hydroxylation sites is 1. The Morgan fingerprint density at radius 1 is 1.27 bits per heavy atom. The Labute approximate surface area is 97.8 Å². The first-order valence-corrected chi connectivity index (χ1v) is 5.65. The van der Waals surface area contributed by atoms with Crippen molar-refractivity contribution in [2.75, 3.05) is 6.67 Å². The number of benzene rings is 1. The van der Waals surface area contributed by atoms with Gasteiger partial charge in [0.1, 0.15) is 0 Å². The molecule has 0 fully saturated rings. The molecule has 0 aliphatic rings. The van der Waals surface area contributed by atoms with E-state index in [0.717, 1.165) is 22.3 Å². The van der Waals surface area contributed by atoms with E-state index in [-0.39, 0.29) is 6.67 Å². The molecule has 0 saturated carbocycles. The molecule has 74 valence electrons. The average Bonchev–Trinajstić information content (AvgIpc) is 2.28. The number of hydrogen-bond acceptors (Lipinski definition) is 2. The SMILES string of the molecule is FCCc1ccc2cccc([O][Ga])c2n1. The van der Waals surface area contributed by atoms with Crippen LogP contribution < -0.4 is 3.53 Å². The monoisotopic (exact) mass is 259 g/mol. The molecule has 2 nitrogen and oxygen atoms in total. The molecule has 1 aromatic heterocycles. The van der Waals surface area contributed by atoms with Gasteiger partial charge in [-0.25, -0.2) is 0 Å². The molecule has 2 rings (SSSR count). The van der Waals surface area contributed by atoms with Crippen molar-refractivity contribution in [2.45, 2.75) is 6.42 Å². The van der Waals surface area contributed by atoms with Crippen LogP contribution in [0.25, 0.3) is 10.9 Å². The van der Waals surface area contributed by atoms with Crippen molar-refractivity contribution in [3.63, 3.8) is 0 Å². The van der Waals surface area contributed by atoms with Gasteiger partial charge in [0.25, 0.3) is 0 Å². The zero-order valence-electron chi connectivity index (χ0n) is 8.11. The maximum atomic E-state index is 12.2. The summed E-state index contributed by atoms with van der Waals surface area (Å²) in [6.45, 7) is -0.377. The molecule has 0 spiro atoms. The van der Waals surface area contributed by atoms with Gasteiger partial charge in [-0.15, -0.1) is 0 Å². The van der Waals surface area contributed by atoms with Gasteiger partial charge >= 0.3 is 97.6 Å². The van der Waals surface area contributed by atoms with E-state index in [1.54, 1.807) is 0 Å². The van der Waals surface area contributed by atoms with Gasteiger partial charge in [-0.1, -0.05) is 0 Å². The zero-order chi connectivity index (χ0) is 10.7. The molecule has 0 atom stereocenters. The maximum absolute atomic E-state index is 12.2. The molecule has 0 aliphatic heterocycles. The minimum atomic E-state index is -0.377. The van der Waals surface area contributed by atoms with Crippen molar-refractivity contribution in [3.05, 3.63) is 36.0 Å². The number of rotatable bonds is 3. The molecular weight excluding hydrogens is 251 g/mol. The molecule has 2 aromatic rings. The number of halogens is 1. The Kier molecular flexibility index (Phi) is 3.28. The summed E-state index contributed by atoms with van der Waals surface area (Å²) in [5.41, 5.74) is 1.58. The summed E-state index contributed by atoms with van der Waals surface area (Å²) >= 11 is 1.17. The predicted molar refractivity (Wildman–Crippen MR) is 57.8 cm³/mol. The molecule has 1 heterocycles. The van der Waals surface area contributed by atoms with Crippen molar-refractivity contribution in [1.29, 1.82) is 0 Å². The van der Waals surface area contributed by atoms with E-state index in [4.69, 9.17) is 3.53 Å². The Bertz CT molecular complexity index is 475. The Balaban J connectivity index is 2.57. The third-order valence-corrected chi connectivity index (χ3v) is 2.75. The molecule has 0 amide bonds. The van der Waals surface area contributed by atoms with Gasteiger partial charge in [-0.05, 0) is 0 Å². The molecule has 0 aliphatic carbocycles. The average molecular weight is 260 g/mol. The molecular formula is C11H9FGaNO. The summed E-state index contributed by atoms with van der Waals surface area (Å²) in [6, 6.07) is 9.57. The van der Waals surface area contributed by atoms with Gasteiger partial charge < -0.3 is 0 Å². The fourth-order valence-electron chi connectivity index (χ4n) is 1.49. The second-order valence-corrected chi connectivity index (χ2v) is 3.68. The number of fused-ring (bicyclic) bond motifs is 1. The molecule has 4 heteroatoms. The number of nitrogens with zero attached hydrogens (tertiary/aromatic N) is 1. The van der Waals surface area contributed by atoms with Crippen LogP contribution in [0.15, 0.2) is 30.3 Å². The molecule has 0 saturated heterocycles. The topological polar surface area (TPSA) is 22.1 Å². The number of pyridine rings is 1. The van der Waals surface area contributed by atoms with Crippen LogP contribution in [0, 0.1) is 0 Å². The summed E-state index contributed by atoms with van der Waals surface area (Å²) in [5, 5.41) is 1.02. The number of aryl methyl sites for hydroxylation is 1. The van der Waals surface area contributed by atoms with E-state index in [1.807, 2.05) is 30.3 Å². The van der Waals surface area contributed by atoms with Crippen molar-refractivity contribution in [1.82, 2.24) is 4.98 Å². The van der Waals surface area contributed by atoms with Gasteiger partial charge in [-0.2, -0.15) is 0 Å². The van der Waals surface area contributed by atoms with E-state index >= 15 is 0 Å². The first kappa shape index (κ1) is 10.5. The number of aromatic nitrogens is 1. The van der Waals surface area contributed by atoms with Crippen molar-refractivity contribution in [3.8, 4) is 5.75 Å². The van der Waals surface area contributed by atoms with Crippen molar-refractivity contribution in [2.24, 2.45) is 0 Å². The zero-order valence-corrected chi connectivity index (χ0v) is 10.5. The summed E-state index contributed by atoms with van der Waals surface area (Å²) in [6.07, 6.45) is 0.360. The fraction of sp³-hybridized carbons (Fsp3) is 0.182. The Morgan fingerprint density at radius 2 is 2.13 bits per heavy atom. The Morgan fingerprint density at radius 3 is 2.87 bits per heavy atom. The second-order valence-electron chi connectivity index (χ2n) is 3.19. The van der Waals surface area contributed by atoms with Crippen molar-refractivity contribution < 1.29 is 7.92 Å². The second kappa shape index (κ2) is 4.68. The van der Waals surface area contributed by atoms with Gasteiger partial charge in [0.2, 0.25) is 0 Å². The first-order chi connectivity index (χ1) is 7.35. The first-order valence-electron chi connectivity index (χ1n) is 4.66.